The fraction of sp³-hybridized carbons (Fsp3) is 0.182. The van der Waals surface area contributed by atoms with E-state index in [4.69, 9.17) is 16.3 Å². The first kappa shape index (κ1) is 11.2. The van der Waals surface area contributed by atoms with Crippen LogP contribution in [0.3, 0.4) is 0 Å². The molecular formula is C11H11ClN2OS. The van der Waals surface area contributed by atoms with Crippen LogP contribution in [-0.4, -0.2) is 12.1 Å². The minimum atomic E-state index is 0.503. The van der Waals surface area contributed by atoms with Gasteiger partial charge in [0.25, 0.3) is 0 Å². The van der Waals surface area contributed by atoms with Crippen molar-refractivity contribution in [2.24, 2.45) is 0 Å². The molecule has 2 aromatic rings. The number of nitrogens with zero attached hydrogens (tertiary/aromatic N) is 1. The molecule has 2 aromatic heterocycles. The predicted octanol–water partition coefficient (Wildman–Crippen LogP) is 3.42. The second-order valence-corrected chi connectivity index (χ2v) is 4.67. The van der Waals surface area contributed by atoms with Gasteiger partial charge in [0.2, 0.25) is 0 Å². The van der Waals surface area contributed by atoms with E-state index in [1.807, 2.05) is 18.2 Å². The Balaban J connectivity index is 1.94. The molecule has 0 amide bonds. The fourth-order valence-electron chi connectivity index (χ4n) is 1.23. The minimum Gasteiger partial charge on any atom is -0.487 e. The molecule has 1 N–H and O–H groups in total. The number of ether oxygens (including phenoxy) is 1. The van der Waals surface area contributed by atoms with Crippen LogP contribution in [0.4, 0.5) is 5.69 Å². The number of rotatable bonds is 4. The molecule has 0 fully saturated rings. The summed E-state index contributed by atoms with van der Waals surface area (Å²) >= 11 is 7.32. The van der Waals surface area contributed by atoms with Gasteiger partial charge in [0.1, 0.15) is 5.15 Å². The van der Waals surface area contributed by atoms with Crippen LogP contribution in [0.25, 0.3) is 0 Å². The van der Waals surface area contributed by atoms with Crippen molar-refractivity contribution in [1.82, 2.24) is 4.98 Å². The van der Waals surface area contributed by atoms with Crippen LogP contribution in [0.2, 0.25) is 5.15 Å². The van der Waals surface area contributed by atoms with E-state index in [-0.39, 0.29) is 0 Å². The smallest absolute Gasteiger partial charge is 0.173 e. The topological polar surface area (TPSA) is 34.1 Å². The Morgan fingerprint density at radius 2 is 2.25 bits per heavy atom. The van der Waals surface area contributed by atoms with Crippen LogP contribution < -0.4 is 10.1 Å². The Kier molecular flexibility index (Phi) is 3.64. The highest BCUT2D eigenvalue weighted by atomic mass is 35.5. The van der Waals surface area contributed by atoms with E-state index in [0.717, 1.165) is 17.3 Å². The monoisotopic (exact) mass is 254 g/mol. The van der Waals surface area contributed by atoms with E-state index < -0.39 is 0 Å². The van der Waals surface area contributed by atoms with E-state index in [2.05, 4.69) is 10.3 Å². The molecular weight excluding hydrogens is 244 g/mol. The van der Waals surface area contributed by atoms with Crippen molar-refractivity contribution in [2.75, 3.05) is 12.4 Å². The number of nitrogens with one attached hydrogen (secondary N) is 1. The SMILES string of the molecule is COc1ccc(CNc2ccc(Cl)nc2)s1. The molecule has 5 heteroatoms. The van der Waals surface area contributed by atoms with Gasteiger partial charge in [-0.1, -0.05) is 11.6 Å². The lowest BCUT2D eigenvalue weighted by atomic mass is 10.4. The van der Waals surface area contributed by atoms with E-state index in [1.165, 1.54) is 4.88 Å². The first-order valence-electron chi connectivity index (χ1n) is 4.76. The molecule has 84 valence electrons. The van der Waals surface area contributed by atoms with Gasteiger partial charge in [-0.3, -0.25) is 0 Å². The zero-order chi connectivity index (χ0) is 11.4. The Morgan fingerprint density at radius 1 is 1.38 bits per heavy atom. The molecule has 0 spiro atoms. The van der Waals surface area contributed by atoms with E-state index >= 15 is 0 Å². The lowest BCUT2D eigenvalue weighted by molar-refractivity contribution is 0.427. The first-order valence-corrected chi connectivity index (χ1v) is 5.95. The number of halogens is 1. The number of methoxy groups -OCH3 is 1. The van der Waals surface area contributed by atoms with E-state index in [9.17, 15) is 0 Å². The molecule has 0 aromatic carbocycles. The fourth-order valence-corrected chi connectivity index (χ4v) is 2.10. The van der Waals surface area contributed by atoms with Crippen molar-refractivity contribution in [2.45, 2.75) is 6.54 Å². The summed E-state index contributed by atoms with van der Waals surface area (Å²) in [4.78, 5) is 5.21. The second-order valence-electron chi connectivity index (χ2n) is 3.15. The normalized spacial score (nSPS) is 10.1. The van der Waals surface area contributed by atoms with Gasteiger partial charge < -0.3 is 10.1 Å². The summed E-state index contributed by atoms with van der Waals surface area (Å²) in [5, 5.41) is 4.68. The van der Waals surface area contributed by atoms with Crippen molar-refractivity contribution in [3.8, 4) is 5.06 Å². The van der Waals surface area contributed by atoms with Gasteiger partial charge in [-0.25, -0.2) is 4.98 Å². The number of thiophene rings is 1. The molecule has 0 aliphatic heterocycles. The highest BCUT2D eigenvalue weighted by Gasteiger charge is 1.99. The molecule has 2 heterocycles. The van der Waals surface area contributed by atoms with Gasteiger partial charge in [-0.2, -0.15) is 0 Å². The van der Waals surface area contributed by atoms with Crippen molar-refractivity contribution < 1.29 is 4.74 Å². The van der Waals surface area contributed by atoms with E-state index in [0.29, 0.717) is 5.15 Å². The quantitative estimate of drug-likeness (QED) is 0.849. The third-order valence-corrected chi connectivity index (χ3v) is 3.30. The largest absolute Gasteiger partial charge is 0.487 e. The van der Waals surface area contributed by atoms with Crippen LogP contribution in [-0.2, 0) is 6.54 Å². The number of anilines is 1. The van der Waals surface area contributed by atoms with Crippen molar-refractivity contribution in [3.63, 3.8) is 0 Å². The summed E-state index contributed by atoms with van der Waals surface area (Å²) < 4.78 is 5.12. The highest BCUT2D eigenvalue weighted by Crippen LogP contribution is 2.24. The van der Waals surface area contributed by atoms with Gasteiger partial charge >= 0.3 is 0 Å². The molecule has 16 heavy (non-hydrogen) atoms. The third kappa shape index (κ3) is 2.87. The molecule has 0 saturated carbocycles. The number of aromatic nitrogens is 1. The molecule has 2 rings (SSSR count). The zero-order valence-electron chi connectivity index (χ0n) is 8.74. The molecule has 0 aliphatic rings. The van der Waals surface area contributed by atoms with Gasteiger partial charge in [0, 0.05) is 11.4 Å². The maximum absolute atomic E-state index is 5.70. The molecule has 0 atom stereocenters. The summed E-state index contributed by atoms with van der Waals surface area (Å²) in [6.07, 6.45) is 1.72. The van der Waals surface area contributed by atoms with Crippen molar-refractivity contribution in [3.05, 3.63) is 40.5 Å². The highest BCUT2D eigenvalue weighted by molar-refractivity contribution is 7.13. The Hall–Kier alpha value is -1.26. The summed E-state index contributed by atoms with van der Waals surface area (Å²) in [6, 6.07) is 7.67. The van der Waals surface area contributed by atoms with Gasteiger partial charge in [0.05, 0.1) is 19.0 Å². The molecule has 3 nitrogen and oxygen atoms in total. The molecule has 0 unspecified atom stereocenters. The molecule has 0 aliphatic carbocycles. The Bertz CT molecular complexity index is 455. The Labute approximate surface area is 103 Å². The molecule has 0 saturated heterocycles. The maximum atomic E-state index is 5.70. The van der Waals surface area contributed by atoms with Gasteiger partial charge in [-0.05, 0) is 24.3 Å². The number of hydrogen-bond acceptors (Lipinski definition) is 4. The zero-order valence-corrected chi connectivity index (χ0v) is 10.3. The van der Waals surface area contributed by atoms with Gasteiger partial charge in [0.15, 0.2) is 5.06 Å². The van der Waals surface area contributed by atoms with Crippen molar-refractivity contribution >= 4 is 28.6 Å². The van der Waals surface area contributed by atoms with Crippen LogP contribution >= 0.6 is 22.9 Å². The first-order chi connectivity index (χ1) is 7.78. The van der Waals surface area contributed by atoms with Crippen molar-refractivity contribution in [1.29, 1.82) is 0 Å². The second kappa shape index (κ2) is 5.18. The molecule has 0 bridgehead atoms. The lowest BCUT2D eigenvalue weighted by Crippen LogP contribution is -1.97. The molecule has 0 radical (unpaired) electrons. The van der Waals surface area contributed by atoms with Crippen LogP contribution in [0.15, 0.2) is 30.5 Å². The minimum absolute atomic E-state index is 0.503. The summed E-state index contributed by atoms with van der Waals surface area (Å²) in [5.41, 5.74) is 0.955. The Morgan fingerprint density at radius 3 is 2.88 bits per heavy atom. The predicted molar refractivity (Wildman–Crippen MR) is 67.4 cm³/mol. The lowest BCUT2D eigenvalue weighted by Gasteiger charge is -2.03. The average molecular weight is 255 g/mol. The van der Waals surface area contributed by atoms with Crippen LogP contribution in [0.1, 0.15) is 4.88 Å². The number of pyridine rings is 1. The summed E-state index contributed by atoms with van der Waals surface area (Å²) in [6.45, 7) is 0.761. The third-order valence-electron chi connectivity index (χ3n) is 2.03. The van der Waals surface area contributed by atoms with Crippen LogP contribution in [0, 0.1) is 0 Å². The number of hydrogen-bond donors (Lipinski definition) is 1. The standard InChI is InChI=1S/C11H11ClN2OS/c1-15-11-5-3-9(16-11)7-13-8-2-4-10(12)14-6-8/h2-6,13H,7H2,1H3. The summed E-state index contributed by atoms with van der Waals surface area (Å²) in [5.74, 6) is 0. The van der Waals surface area contributed by atoms with Gasteiger partial charge in [-0.15, -0.1) is 11.3 Å². The van der Waals surface area contributed by atoms with E-state index in [1.54, 1.807) is 30.7 Å². The maximum Gasteiger partial charge on any atom is 0.173 e. The average Bonchev–Trinajstić information content (AvgIpc) is 2.76. The summed E-state index contributed by atoms with van der Waals surface area (Å²) in [7, 11) is 1.67. The van der Waals surface area contributed by atoms with Crippen LogP contribution in [0.5, 0.6) is 5.06 Å².